The molecule has 0 aromatic carbocycles. The Labute approximate surface area is 88.0 Å². The number of Topliss-reactive ketones (excluding diaryl/α,β-unsaturated/α-hetero) is 1. The molecule has 1 aliphatic rings. The van der Waals surface area contributed by atoms with E-state index in [1.807, 2.05) is 0 Å². The Kier molecular flexibility index (Phi) is 4.83. The zero-order valence-electron chi connectivity index (χ0n) is 8.65. The molecule has 0 fully saturated rings. The minimum absolute atomic E-state index is 0.141. The number of ketones is 1. The van der Waals surface area contributed by atoms with E-state index in [0.717, 1.165) is 5.76 Å². The molecule has 15 heavy (non-hydrogen) atoms. The molecule has 0 aromatic rings. The van der Waals surface area contributed by atoms with Gasteiger partial charge in [-0.25, -0.2) is 0 Å². The van der Waals surface area contributed by atoms with Crippen LogP contribution >= 0.6 is 0 Å². The molecular formula is C10H14O5. The molecule has 1 rings (SSSR count). The number of methoxy groups -OCH3 is 1. The molecule has 0 spiro atoms. The molecule has 5 heteroatoms. The van der Waals surface area contributed by atoms with Crippen LogP contribution in [0.25, 0.3) is 0 Å². The van der Waals surface area contributed by atoms with Gasteiger partial charge in [0.15, 0.2) is 6.79 Å². The second-order valence-electron chi connectivity index (χ2n) is 3.10. The molecule has 0 amide bonds. The summed E-state index contributed by atoms with van der Waals surface area (Å²) in [7, 11) is 1.26. The summed E-state index contributed by atoms with van der Waals surface area (Å²) in [5, 5.41) is 0. The molecule has 0 unspecified atom stereocenters. The molecule has 0 saturated carbocycles. The second-order valence-corrected chi connectivity index (χ2v) is 3.10. The lowest BCUT2D eigenvalue weighted by Crippen LogP contribution is -2.11. The van der Waals surface area contributed by atoms with Gasteiger partial charge < -0.3 is 14.2 Å². The molecule has 84 valence electrons. The highest BCUT2D eigenvalue weighted by Gasteiger charge is 2.11. The number of carbonyl (C=O) groups excluding carboxylic acids is 2. The molecule has 0 N–H and O–H groups in total. The third kappa shape index (κ3) is 4.60. The molecular weight excluding hydrogens is 200 g/mol. The number of ether oxygens (including phenoxy) is 3. The average molecular weight is 214 g/mol. The highest BCUT2D eigenvalue weighted by Crippen LogP contribution is 2.11. The van der Waals surface area contributed by atoms with E-state index >= 15 is 0 Å². The molecule has 1 aliphatic heterocycles. The number of esters is 1. The highest BCUT2D eigenvalue weighted by molar-refractivity contribution is 5.95. The van der Waals surface area contributed by atoms with Gasteiger partial charge in [0.1, 0.15) is 12.2 Å². The minimum atomic E-state index is -0.498. The Morgan fingerprint density at radius 1 is 1.53 bits per heavy atom. The fourth-order valence-corrected chi connectivity index (χ4v) is 1.13. The first-order valence-electron chi connectivity index (χ1n) is 4.70. The van der Waals surface area contributed by atoms with Gasteiger partial charge in [-0.05, 0) is 6.08 Å². The molecule has 0 radical (unpaired) electrons. The summed E-state index contributed by atoms with van der Waals surface area (Å²) in [5.41, 5.74) is 0. The normalized spacial score (nSPS) is 15.1. The maximum absolute atomic E-state index is 11.2. The monoisotopic (exact) mass is 214 g/mol. The van der Waals surface area contributed by atoms with E-state index in [0.29, 0.717) is 19.4 Å². The first-order chi connectivity index (χ1) is 7.22. The fourth-order valence-electron chi connectivity index (χ4n) is 1.13. The number of rotatable bonds is 5. The molecule has 0 atom stereocenters. The summed E-state index contributed by atoms with van der Waals surface area (Å²) in [6.07, 6.45) is 2.43. The molecule has 0 aromatic heterocycles. The lowest BCUT2D eigenvalue weighted by Gasteiger charge is -2.14. The third-order valence-corrected chi connectivity index (χ3v) is 1.98. The Balaban J connectivity index is 2.21. The van der Waals surface area contributed by atoms with Crippen molar-refractivity contribution in [3.8, 4) is 0 Å². The van der Waals surface area contributed by atoms with Gasteiger partial charge in [0.05, 0.1) is 19.5 Å². The standard InChI is InChI=1S/C10H14O5/c1-13-10(12)6-8(11)2-3-9-4-5-14-7-15-9/h4H,2-3,5-7H2,1H3. The van der Waals surface area contributed by atoms with E-state index in [4.69, 9.17) is 9.47 Å². The topological polar surface area (TPSA) is 61.8 Å². The summed E-state index contributed by atoms with van der Waals surface area (Å²) in [5.74, 6) is 0.110. The zero-order valence-corrected chi connectivity index (χ0v) is 8.65. The zero-order chi connectivity index (χ0) is 11.1. The summed E-state index contributed by atoms with van der Waals surface area (Å²) in [6, 6.07) is 0. The molecule has 0 bridgehead atoms. The van der Waals surface area contributed by atoms with Crippen molar-refractivity contribution in [2.24, 2.45) is 0 Å². The number of carbonyl (C=O) groups is 2. The van der Waals surface area contributed by atoms with Crippen molar-refractivity contribution in [3.63, 3.8) is 0 Å². The lowest BCUT2D eigenvalue weighted by molar-refractivity contribution is -0.143. The van der Waals surface area contributed by atoms with Gasteiger partial charge in [-0.3, -0.25) is 9.59 Å². The van der Waals surface area contributed by atoms with Crippen molar-refractivity contribution in [3.05, 3.63) is 11.8 Å². The van der Waals surface area contributed by atoms with Gasteiger partial charge in [-0.1, -0.05) is 0 Å². The van der Waals surface area contributed by atoms with Crippen LogP contribution in [-0.4, -0.2) is 32.3 Å². The molecule has 1 heterocycles. The van der Waals surface area contributed by atoms with Crippen LogP contribution in [-0.2, 0) is 23.8 Å². The van der Waals surface area contributed by atoms with Gasteiger partial charge in [0, 0.05) is 12.8 Å². The van der Waals surface area contributed by atoms with Crippen LogP contribution in [0.3, 0.4) is 0 Å². The van der Waals surface area contributed by atoms with Crippen LogP contribution in [0, 0.1) is 0 Å². The maximum Gasteiger partial charge on any atom is 0.313 e. The Bertz CT molecular complexity index is 269. The Hall–Kier alpha value is -1.36. The number of hydrogen-bond donors (Lipinski definition) is 0. The van der Waals surface area contributed by atoms with E-state index < -0.39 is 5.97 Å². The van der Waals surface area contributed by atoms with Gasteiger partial charge in [-0.2, -0.15) is 0 Å². The van der Waals surface area contributed by atoms with Crippen molar-refractivity contribution < 1.29 is 23.8 Å². The van der Waals surface area contributed by atoms with Gasteiger partial charge in [0.2, 0.25) is 0 Å². The molecule has 0 aliphatic carbocycles. The van der Waals surface area contributed by atoms with Crippen molar-refractivity contribution in [2.45, 2.75) is 19.3 Å². The van der Waals surface area contributed by atoms with E-state index in [-0.39, 0.29) is 19.0 Å². The van der Waals surface area contributed by atoms with Crippen LogP contribution in [0.5, 0.6) is 0 Å². The fraction of sp³-hybridized carbons (Fsp3) is 0.600. The van der Waals surface area contributed by atoms with Gasteiger partial charge in [-0.15, -0.1) is 0 Å². The highest BCUT2D eigenvalue weighted by atomic mass is 16.7. The molecule has 5 nitrogen and oxygen atoms in total. The lowest BCUT2D eigenvalue weighted by atomic mass is 10.1. The SMILES string of the molecule is COC(=O)CC(=O)CCC1=CCOCO1. The van der Waals surface area contributed by atoms with Crippen LogP contribution in [0.2, 0.25) is 0 Å². The van der Waals surface area contributed by atoms with E-state index in [1.165, 1.54) is 7.11 Å². The van der Waals surface area contributed by atoms with Crippen molar-refractivity contribution in [2.75, 3.05) is 20.5 Å². The minimum Gasteiger partial charge on any atom is -0.472 e. The van der Waals surface area contributed by atoms with E-state index in [9.17, 15) is 9.59 Å². The van der Waals surface area contributed by atoms with Crippen molar-refractivity contribution in [1.82, 2.24) is 0 Å². The first kappa shape index (κ1) is 11.7. The Morgan fingerprint density at radius 3 is 2.93 bits per heavy atom. The smallest absolute Gasteiger partial charge is 0.313 e. The first-order valence-corrected chi connectivity index (χ1v) is 4.70. The molecule has 0 saturated heterocycles. The number of allylic oxidation sites excluding steroid dienone is 1. The summed E-state index contributed by atoms with van der Waals surface area (Å²) < 4.78 is 14.4. The largest absolute Gasteiger partial charge is 0.472 e. The summed E-state index contributed by atoms with van der Waals surface area (Å²) in [6.45, 7) is 0.748. The summed E-state index contributed by atoms with van der Waals surface area (Å²) >= 11 is 0. The predicted octanol–water partition coefficient (Wildman–Crippen LogP) is 0.787. The van der Waals surface area contributed by atoms with Crippen molar-refractivity contribution >= 4 is 11.8 Å². The number of hydrogen-bond acceptors (Lipinski definition) is 5. The summed E-state index contributed by atoms with van der Waals surface area (Å²) in [4.78, 5) is 22.0. The quantitative estimate of drug-likeness (QED) is 0.500. The van der Waals surface area contributed by atoms with Crippen LogP contribution < -0.4 is 0 Å². The van der Waals surface area contributed by atoms with Crippen LogP contribution in [0.1, 0.15) is 19.3 Å². The van der Waals surface area contributed by atoms with Crippen molar-refractivity contribution in [1.29, 1.82) is 0 Å². The van der Waals surface area contributed by atoms with Crippen LogP contribution in [0.4, 0.5) is 0 Å². The van der Waals surface area contributed by atoms with Crippen LogP contribution in [0.15, 0.2) is 11.8 Å². The average Bonchev–Trinajstić information content (AvgIpc) is 2.27. The third-order valence-electron chi connectivity index (χ3n) is 1.98. The van der Waals surface area contributed by atoms with Gasteiger partial charge >= 0.3 is 5.97 Å². The van der Waals surface area contributed by atoms with E-state index in [2.05, 4.69) is 4.74 Å². The second kappa shape index (κ2) is 6.19. The van der Waals surface area contributed by atoms with Gasteiger partial charge in [0.25, 0.3) is 0 Å². The predicted molar refractivity (Wildman–Crippen MR) is 50.9 cm³/mol. The maximum atomic E-state index is 11.2. The Morgan fingerprint density at radius 2 is 2.33 bits per heavy atom. The van der Waals surface area contributed by atoms with E-state index in [1.54, 1.807) is 6.08 Å².